The second-order valence-electron chi connectivity index (χ2n) is 7.65. The van der Waals surface area contributed by atoms with Gasteiger partial charge in [-0.15, -0.1) is 28.3 Å². The van der Waals surface area contributed by atoms with Crippen molar-refractivity contribution in [3.63, 3.8) is 0 Å². The van der Waals surface area contributed by atoms with Gasteiger partial charge in [-0.1, -0.05) is 76.3 Å². The third kappa shape index (κ3) is 5.14. The molecule has 1 aromatic carbocycles. The molecule has 1 aliphatic rings. The van der Waals surface area contributed by atoms with E-state index in [1.165, 1.54) is 73.8 Å². The fourth-order valence-corrected chi connectivity index (χ4v) is 5.36. The Labute approximate surface area is 179 Å². The Morgan fingerprint density at radius 1 is 1.00 bits per heavy atom. The summed E-state index contributed by atoms with van der Waals surface area (Å²) in [6.07, 6.45) is 11.5. The van der Waals surface area contributed by atoms with Crippen molar-refractivity contribution >= 4 is 28.3 Å². The van der Waals surface area contributed by atoms with Gasteiger partial charge < -0.3 is 4.57 Å². The molecule has 4 heteroatoms. The van der Waals surface area contributed by atoms with Gasteiger partial charge in [0.15, 0.2) is 4.80 Å². The minimum absolute atomic E-state index is 0. The molecule has 0 atom stereocenters. The summed E-state index contributed by atoms with van der Waals surface area (Å²) >= 11 is 1.86. The highest BCUT2D eigenvalue weighted by molar-refractivity contribution is 8.93. The Bertz CT molecular complexity index is 726. The maximum absolute atomic E-state index is 4.97. The van der Waals surface area contributed by atoms with Gasteiger partial charge in [0.1, 0.15) is 0 Å². The van der Waals surface area contributed by atoms with Gasteiger partial charge in [0.25, 0.3) is 0 Å². The summed E-state index contributed by atoms with van der Waals surface area (Å²) in [5.74, 6) is 0. The van der Waals surface area contributed by atoms with E-state index in [0.29, 0.717) is 0 Å². The highest BCUT2D eigenvalue weighted by Gasteiger charge is 2.38. The quantitative estimate of drug-likeness (QED) is 0.389. The van der Waals surface area contributed by atoms with Crippen LogP contribution in [0.5, 0.6) is 0 Å². The van der Waals surface area contributed by atoms with E-state index in [1.807, 2.05) is 11.3 Å². The molecule has 1 aliphatic carbocycles. The first kappa shape index (κ1) is 22.4. The van der Waals surface area contributed by atoms with Crippen molar-refractivity contribution < 1.29 is 0 Å². The van der Waals surface area contributed by atoms with Crippen LogP contribution in [0.2, 0.25) is 0 Å². The van der Waals surface area contributed by atoms with Gasteiger partial charge in [-0.3, -0.25) is 4.99 Å². The van der Waals surface area contributed by atoms with E-state index >= 15 is 0 Å². The van der Waals surface area contributed by atoms with Crippen LogP contribution >= 0.6 is 28.3 Å². The average Bonchev–Trinajstić information content (AvgIpc) is 3.11. The SMILES string of the molecule is Br.CCCCN=c1scc(C2(c3ccccc3)CCCCC2)n1CCCC. The average molecular weight is 452 g/mol. The standard InChI is InChI=1S/C23H34N2S.BrH/c1-3-5-17-24-22-25(18-6-4-2)21(19-26-22)23(15-11-8-12-16-23)20-13-9-7-10-14-20;/h7,9-10,13-14,19H,3-6,8,11-12,15-18H2,1-2H3;1H. The van der Waals surface area contributed by atoms with Crippen molar-refractivity contribution in [1.29, 1.82) is 0 Å². The van der Waals surface area contributed by atoms with Crippen molar-refractivity contribution in [1.82, 2.24) is 4.57 Å². The number of rotatable bonds is 8. The molecule has 0 N–H and O–H groups in total. The van der Waals surface area contributed by atoms with Gasteiger partial charge >= 0.3 is 0 Å². The van der Waals surface area contributed by atoms with Crippen LogP contribution in [0.1, 0.15) is 82.9 Å². The third-order valence-electron chi connectivity index (χ3n) is 5.82. The molecular formula is C23H35BrN2S. The topological polar surface area (TPSA) is 17.3 Å². The van der Waals surface area contributed by atoms with Gasteiger partial charge in [0.2, 0.25) is 0 Å². The smallest absolute Gasteiger partial charge is 0.184 e. The summed E-state index contributed by atoms with van der Waals surface area (Å²) in [4.78, 5) is 6.21. The molecule has 0 saturated heterocycles. The summed E-state index contributed by atoms with van der Waals surface area (Å²) < 4.78 is 2.57. The van der Waals surface area contributed by atoms with Crippen LogP contribution in [0, 0.1) is 0 Å². The maximum atomic E-state index is 4.97. The Balaban J connectivity index is 0.00000261. The lowest BCUT2D eigenvalue weighted by molar-refractivity contribution is 0.325. The molecule has 0 unspecified atom stereocenters. The first-order chi connectivity index (χ1) is 12.8. The monoisotopic (exact) mass is 450 g/mol. The summed E-state index contributed by atoms with van der Waals surface area (Å²) in [6, 6.07) is 11.3. The number of unbranched alkanes of at least 4 members (excludes halogenated alkanes) is 2. The highest BCUT2D eigenvalue weighted by Crippen LogP contribution is 2.45. The van der Waals surface area contributed by atoms with Crippen LogP contribution < -0.4 is 4.80 Å². The number of nitrogens with zero attached hydrogens (tertiary/aromatic N) is 2. The van der Waals surface area contributed by atoms with Gasteiger partial charge in [0.05, 0.1) is 0 Å². The molecule has 1 heterocycles. The molecule has 150 valence electrons. The lowest BCUT2D eigenvalue weighted by Gasteiger charge is -2.38. The molecule has 0 amide bonds. The van der Waals surface area contributed by atoms with Crippen molar-refractivity contribution in [2.75, 3.05) is 6.54 Å². The van der Waals surface area contributed by atoms with E-state index in [1.54, 1.807) is 0 Å². The van der Waals surface area contributed by atoms with E-state index in [2.05, 4.69) is 54.1 Å². The lowest BCUT2D eigenvalue weighted by atomic mass is 9.67. The van der Waals surface area contributed by atoms with E-state index in [-0.39, 0.29) is 22.4 Å². The molecule has 0 aliphatic heterocycles. The zero-order valence-electron chi connectivity index (χ0n) is 17.0. The Morgan fingerprint density at radius 2 is 1.70 bits per heavy atom. The molecule has 3 rings (SSSR count). The molecule has 0 radical (unpaired) electrons. The maximum Gasteiger partial charge on any atom is 0.184 e. The molecule has 1 aromatic heterocycles. The largest absolute Gasteiger partial charge is 0.320 e. The van der Waals surface area contributed by atoms with E-state index in [4.69, 9.17) is 4.99 Å². The minimum atomic E-state index is 0. The van der Waals surface area contributed by atoms with E-state index < -0.39 is 0 Å². The fourth-order valence-electron chi connectivity index (χ4n) is 4.30. The normalized spacial score (nSPS) is 16.9. The zero-order valence-corrected chi connectivity index (χ0v) is 19.5. The van der Waals surface area contributed by atoms with Crippen molar-refractivity contribution in [2.45, 2.75) is 83.6 Å². The number of hydrogen-bond donors (Lipinski definition) is 0. The van der Waals surface area contributed by atoms with E-state index in [9.17, 15) is 0 Å². The first-order valence-corrected chi connectivity index (χ1v) is 11.4. The molecule has 2 nitrogen and oxygen atoms in total. The second-order valence-corrected chi connectivity index (χ2v) is 8.49. The fraction of sp³-hybridized carbons (Fsp3) is 0.609. The minimum Gasteiger partial charge on any atom is -0.320 e. The van der Waals surface area contributed by atoms with Gasteiger partial charge in [-0.05, 0) is 31.2 Å². The van der Waals surface area contributed by atoms with Crippen LogP contribution in [-0.2, 0) is 12.0 Å². The lowest BCUT2D eigenvalue weighted by Crippen LogP contribution is -2.35. The Kier molecular flexibility index (Phi) is 9.31. The summed E-state index contributed by atoms with van der Waals surface area (Å²) in [6.45, 7) is 6.59. The van der Waals surface area contributed by atoms with Crippen LogP contribution in [0.15, 0.2) is 40.7 Å². The molecule has 1 fully saturated rings. The summed E-state index contributed by atoms with van der Waals surface area (Å²) in [5.41, 5.74) is 3.21. The third-order valence-corrected chi connectivity index (χ3v) is 6.72. The zero-order chi connectivity index (χ0) is 18.2. The molecule has 1 saturated carbocycles. The molecular weight excluding hydrogens is 416 g/mol. The molecule has 27 heavy (non-hydrogen) atoms. The summed E-state index contributed by atoms with van der Waals surface area (Å²) in [7, 11) is 0. The Hall–Kier alpha value is -0.870. The molecule has 0 spiro atoms. The van der Waals surface area contributed by atoms with Crippen molar-refractivity contribution in [3.8, 4) is 0 Å². The number of benzene rings is 1. The van der Waals surface area contributed by atoms with Gasteiger partial charge in [0, 0.05) is 29.6 Å². The predicted octanol–water partition coefficient (Wildman–Crippen LogP) is 6.88. The van der Waals surface area contributed by atoms with Crippen LogP contribution in [0.3, 0.4) is 0 Å². The van der Waals surface area contributed by atoms with E-state index in [0.717, 1.165) is 13.1 Å². The van der Waals surface area contributed by atoms with Crippen molar-refractivity contribution in [2.24, 2.45) is 4.99 Å². The summed E-state index contributed by atoms with van der Waals surface area (Å²) in [5, 5.41) is 2.43. The number of hydrogen-bond acceptors (Lipinski definition) is 2. The predicted molar refractivity (Wildman–Crippen MR) is 123 cm³/mol. The molecule has 0 bridgehead atoms. The Morgan fingerprint density at radius 3 is 2.37 bits per heavy atom. The molecule has 2 aromatic rings. The number of aromatic nitrogens is 1. The van der Waals surface area contributed by atoms with Crippen LogP contribution in [0.25, 0.3) is 0 Å². The second kappa shape index (κ2) is 11.2. The highest BCUT2D eigenvalue weighted by atomic mass is 79.9. The number of halogens is 1. The number of thiazole rings is 1. The van der Waals surface area contributed by atoms with Crippen LogP contribution in [0.4, 0.5) is 0 Å². The van der Waals surface area contributed by atoms with Gasteiger partial charge in [-0.25, -0.2) is 0 Å². The van der Waals surface area contributed by atoms with Gasteiger partial charge in [-0.2, -0.15) is 0 Å². The van der Waals surface area contributed by atoms with Crippen LogP contribution in [-0.4, -0.2) is 11.1 Å². The first-order valence-electron chi connectivity index (χ1n) is 10.6. The van der Waals surface area contributed by atoms with Crippen molar-refractivity contribution in [3.05, 3.63) is 51.8 Å².